The highest BCUT2D eigenvalue weighted by Crippen LogP contribution is 2.40. The second kappa shape index (κ2) is 9.75. The van der Waals surface area contributed by atoms with Crippen LogP contribution in [0, 0.1) is 0 Å². The number of unbranched alkanes of at least 4 members (excludes halogenated alkanes) is 2. The summed E-state index contributed by atoms with van der Waals surface area (Å²) in [5, 5.41) is 2.96. The predicted molar refractivity (Wildman–Crippen MR) is 127 cm³/mol. The molecule has 1 aliphatic rings. The Bertz CT molecular complexity index is 867. The number of anilines is 2. The Hall–Kier alpha value is -1.59. The van der Waals surface area contributed by atoms with Crippen LogP contribution in [0.4, 0.5) is 11.4 Å². The summed E-state index contributed by atoms with van der Waals surface area (Å²) in [6, 6.07) is 12.5. The SMILES string of the molecule is CCCCN(CCCC)c1ccc(C=C2C(=O)Nc3c(Br)cc(Br)cc32)cc1. The summed E-state index contributed by atoms with van der Waals surface area (Å²) in [5.74, 6) is -0.0644. The summed E-state index contributed by atoms with van der Waals surface area (Å²) < 4.78 is 1.82. The van der Waals surface area contributed by atoms with Gasteiger partial charge in [0.05, 0.1) is 5.69 Å². The Kier molecular flexibility index (Phi) is 7.36. The van der Waals surface area contributed by atoms with Gasteiger partial charge in [0, 0.05) is 38.9 Å². The standard InChI is InChI=1S/C23H26Br2N2O/c1-3-5-11-27(12-6-4-2)18-9-7-16(8-10-18)13-20-19-14-17(24)15-21(25)22(19)26-23(20)28/h7-10,13-15H,3-6,11-12H2,1-2H3,(H,26,28). The van der Waals surface area contributed by atoms with Gasteiger partial charge in [-0.2, -0.15) is 0 Å². The smallest absolute Gasteiger partial charge is 0.256 e. The summed E-state index contributed by atoms with van der Waals surface area (Å²) in [6.07, 6.45) is 6.78. The van der Waals surface area contributed by atoms with Crippen molar-refractivity contribution in [1.82, 2.24) is 0 Å². The Balaban J connectivity index is 1.85. The molecule has 0 spiro atoms. The highest BCUT2D eigenvalue weighted by atomic mass is 79.9. The van der Waals surface area contributed by atoms with Gasteiger partial charge in [0.2, 0.25) is 0 Å². The van der Waals surface area contributed by atoms with Gasteiger partial charge in [0.15, 0.2) is 0 Å². The number of fused-ring (bicyclic) bond motifs is 1. The lowest BCUT2D eigenvalue weighted by atomic mass is 10.0. The molecule has 1 N–H and O–H groups in total. The molecular weight excluding hydrogens is 480 g/mol. The number of halogens is 2. The van der Waals surface area contributed by atoms with Crippen molar-refractivity contribution >= 4 is 60.8 Å². The maximum absolute atomic E-state index is 12.5. The van der Waals surface area contributed by atoms with E-state index in [1.807, 2.05) is 18.2 Å². The molecule has 2 aromatic rings. The first-order chi connectivity index (χ1) is 13.5. The third-order valence-electron chi connectivity index (χ3n) is 4.96. The first-order valence-corrected chi connectivity index (χ1v) is 11.5. The van der Waals surface area contributed by atoms with E-state index in [1.165, 1.54) is 31.4 Å². The van der Waals surface area contributed by atoms with Gasteiger partial charge in [-0.15, -0.1) is 0 Å². The lowest BCUT2D eigenvalue weighted by Gasteiger charge is -2.24. The van der Waals surface area contributed by atoms with Crippen LogP contribution >= 0.6 is 31.9 Å². The fourth-order valence-electron chi connectivity index (χ4n) is 3.38. The van der Waals surface area contributed by atoms with E-state index >= 15 is 0 Å². The average Bonchev–Trinajstić information content (AvgIpc) is 2.99. The molecule has 28 heavy (non-hydrogen) atoms. The molecule has 0 radical (unpaired) electrons. The molecule has 3 rings (SSSR count). The van der Waals surface area contributed by atoms with Crippen LogP contribution in [-0.2, 0) is 4.79 Å². The molecule has 1 aliphatic heterocycles. The van der Waals surface area contributed by atoms with Gasteiger partial charge in [-0.25, -0.2) is 0 Å². The maximum Gasteiger partial charge on any atom is 0.256 e. The molecule has 0 aromatic heterocycles. The van der Waals surface area contributed by atoms with Crippen LogP contribution in [0.2, 0.25) is 0 Å². The zero-order chi connectivity index (χ0) is 20.1. The van der Waals surface area contributed by atoms with Crippen LogP contribution in [0.25, 0.3) is 11.6 Å². The predicted octanol–water partition coefficient (Wildman–Crippen LogP) is 7.11. The zero-order valence-corrected chi connectivity index (χ0v) is 19.6. The molecule has 0 aliphatic carbocycles. The minimum Gasteiger partial charge on any atom is -0.372 e. The molecule has 148 valence electrons. The first-order valence-electron chi connectivity index (χ1n) is 9.91. The fourth-order valence-corrected chi connectivity index (χ4v) is 4.70. The molecule has 0 atom stereocenters. The van der Waals surface area contributed by atoms with E-state index in [-0.39, 0.29) is 5.91 Å². The number of carbonyl (C=O) groups excluding carboxylic acids is 1. The topological polar surface area (TPSA) is 32.3 Å². The first kappa shape index (κ1) is 21.1. The molecule has 0 fully saturated rings. The van der Waals surface area contributed by atoms with Crippen molar-refractivity contribution in [2.24, 2.45) is 0 Å². The number of amides is 1. The van der Waals surface area contributed by atoms with E-state index in [2.05, 4.69) is 80.2 Å². The normalized spacial score (nSPS) is 14.3. The van der Waals surface area contributed by atoms with Crippen LogP contribution < -0.4 is 10.2 Å². The van der Waals surface area contributed by atoms with Crippen LogP contribution in [0.5, 0.6) is 0 Å². The lowest BCUT2D eigenvalue weighted by Crippen LogP contribution is -2.25. The molecule has 2 aromatic carbocycles. The second-order valence-corrected chi connectivity index (χ2v) is 8.88. The number of hydrogen-bond donors (Lipinski definition) is 1. The number of rotatable bonds is 8. The van der Waals surface area contributed by atoms with Gasteiger partial charge in [0.25, 0.3) is 5.91 Å². The maximum atomic E-state index is 12.5. The van der Waals surface area contributed by atoms with E-state index in [9.17, 15) is 4.79 Å². The summed E-state index contributed by atoms with van der Waals surface area (Å²) in [6.45, 7) is 6.65. The van der Waals surface area contributed by atoms with Crippen molar-refractivity contribution in [2.45, 2.75) is 39.5 Å². The lowest BCUT2D eigenvalue weighted by molar-refractivity contribution is -0.110. The number of nitrogens with one attached hydrogen (secondary N) is 1. The highest BCUT2D eigenvalue weighted by Gasteiger charge is 2.26. The van der Waals surface area contributed by atoms with Crippen molar-refractivity contribution in [3.63, 3.8) is 0 Å². The summed E-state index contributed by atoms with van der Waals surface area (Å²) >= 11 is 7.04. The number of nitrogens with zero attached hydrogens (tertiary/aromatic N) is 1. The van der Waals surface area contributed by atoms with E-state index in [0.717, 1.165) is 38.8 Å². The molecule has 3 nitrogen and oxygen atoms in total. The van der Waals surface area contributed by atoms with Crippen LogP contribution in [0.3, 0.4) is 0 Å². The van der Waals surface area contributed by atoms with E-state index < -0.39 is 0 Å². The second-order valence-electron chi connectivity index (χ2n) is 7.11. The molecule has 5 heteroatoms. The largest absolute Gasteiger partial charge is 0.372 e. The minimum atomic E-state index is -0.0644. The van der Waals surface area contributed by atoms with Crippen molar-refractivity contribution in [3.8, 4) is 0 Å². The van der Waals surface area contributed by atoms with E-state index in [1.54, 1.807) is 0 Å². The van der Waals surface area contributed by atoms with Gasteiger partial charge < -0.3 is 10.2 Å². The third kappa shape index (κ3) is 4.87. The molecule has 1 amide bonds. The number of benzene rings is 2. The Labute approximate surface area is 184 Å². The van der Waals surface area contributed by atoms with Gasteiger partial charge in [-0.3, -0.25) is 4.79 Å². The van der Waals surface area contributed by atoms with Gasteiger partial charge >= 0.3 is 0 Å². The van der Waals surface area contributed by atoms with Crippen molar-refractivity contribution in [1.29, 1.82) is 0 Å². The van der Waals surface area contributed by atoms with Crippen LogP contribution in [0.1, 0.15) is 50.7 Å². The van der Waals surface area contributed by atoms with E-state index in [0.29, 0.717) is 5.57 Å². The monoisotopic (exact) mass is 504 g/mol. The Morgan fingerprint density at radius 1 is 1.00 bits per heavy atom. The third-order valence-corrected chi connectivity index (χ3v) is 6.04. The zero-order valence-electron chi connectivity index (χ0n) is 16.4. The Morgan fingerprint density at radius 2 is 1.64 bits per heavy atom. The van der Waals surface area contributed by atoms with Crippen molar-refractivity contribution in [2.75, 3.05) is 23.3 Å². The number of hydrogen-bond acceptors (Lipinski definition) is 2. The molecule has 0 saturated carbocycles. The molecule has 0 bridgehead atoms. The van der Waals surface area contributed by atoms with Gasteiger partial charge in [0.1, 0.15) is 0 Å². The van der Waals surface area contributed by atoms with Crippen molar-refractivity contribution < 1.29 is 4.79 Å². The van der Waals surface area contributed by atoms with Gasteiger partial charge in [-0.1, -0.05) is 54.8 Å². The summed E-state index contributed by atoms with van der Waals surface area (Å²) in [7, 11) is 0. The fraction of sp³-hybridized carbons (Fsp3) is 0.348. The summed E-state index contributed by atoms with van der Waals surface area (Å²) in [5.41, 5.74) is 4.73. The number of carbonyl (C=O) groups is 1. The van der Waals surface area contributed by atoms with Crippen LogP contribution in [-0.4, -0.2) is 19.0 Å². The molecular formula is C23H26Br2N2O. The average molecular weight is 506 g/mol. The quantitative estimate of drug-likeness (QED) is 0.387. The van der Waals surface area contributed by atoms with Crippen molar-refractivity contribution in [3.05, 3.63) is 56.5 Å². The highest BCUT2D eigenvalue weighted by molar-refractivity contribution is 9.11. The molecule has 0 unspecified atom stereocenters. The van der Waals surface area contributed by atoms with Gasteiger partial charge in [-0.05, 0) is 64.7 Å². The molecule has 0 saturated heterocycles. The minimum absolute atomic E-state index is 0.0644. The summed E-state index contributed by atoms with van der Waals surface area (Å²) in [4.78, 5) is 15.0. The van der Waals surface area contributed by atoms with Crippen LogP contribution in [0.15, 0.2) is 45.3 Å². The Morgan fingerprint density at radius 3 is 2.25 bits per heavy atom. The molecule has 1 heterocycles. The van der Waals surface area contributed by atoms with E-state index in [4.69, 9.17) is 0 Å².